The number of anilines is 1. The van der Waals surface area contributed by atoms with Crippen molar-refractivity contribution in [3.63, 3.8) is 0 Å². The largest absolute Gasteiger partial charge is 0.495 e. The van der Waals surface area contributed by atoms with Crippen LogP contribution in [0.1, 0.15) is 36.8 Å². The summed E-state index contributed by atoms with van der Waals surface area (Å²) in [5.41, 5.74) is 2.48. The van der Waals surface area contributed by atoms with Crippen LogP contribution >= 0.6 is 15.9 Å². The fourth-order valence-corrected chi connectivity index (χ4v) is 3.82. The van der Waals surface area contributed by atoms with Gasteiger partial charge >= 0.3 is 0 Å². The average molecular weight is 388 g/mol. The predicted octanol–water partition coefficient (Wildman–Crippen LogP) is 5.22. The van der Waals surface area contributed by atoms with Crippen LogP contribution in [0.4, 0.5) is 5.69 Å². The number of hydrogen-bond acceptors (Lipinski definition) is 2. The van der Waals surface area contributed by atoms with E-state index in [-0.39, 0.29) is 5.91 Å². The number of ether oxygens (including phenoxy) is 1. The zero-order valence-electron chi connectivity index (χ0n) is 14.1. The average Bonchev–Trinajstić information content (AvgIpc) is 3.07. The van der Waals surface area contributed by atoms with E-state index in [1.165, 1.54) is 0 Å². The summed E-state index contributed by atoms with van der Waals surface area (Å²) in [6, 6.07) is 14.0. The van der Waals surface area contributed by atoms with E-state index in [1.54, 1.807) is 7.11 Å². The van der Waals surface area contributed by atoms with Crippen molar-refractivity contribution in [2.24, 2.45) is 0 Å². The van der Waals surface area contributed by atoms with E-state index in [1.807, 2.05) is 37.3 Å². The van der Waals surface area contributed by atoms with Crippen LogP contribution in [0.3, 0.4) is 0 Å². The second-order valence-electron chi connectivity index (χ2n) is 6.45. The van der Waals surface area contributed by atoms with Crippen molar-refractivity contribution in [3.05, 3.63) is 58.1 Å². The standard InChI is InChI=1S/C20H22BrNO2/c1-14-5-10-18(24-2)17(13-14)22-19(23)20(11-3-4-12-20)15-6-8-16(21)9-7-15/h5-10,13H,3-4,11-12H2,1-2H3,(H,22,23). The summed E-state index contributed by atoms with van der Waals surface area (Å²) in [5, 5.41) is 3.12. The summed E-state index contributed by atoms with van der Waals surface area (Å²) in [4.78, 5) is 13.2. The van der Waals surface area contributed by atoms with E-state index in [9.17, 15) is 4.79 Å². The van der Waals surface area contributed by atoms with E-state index in [4.69, 9.17) is 4.74 Å². The number of carbonyl (C=O) groups is 1. The van der Waals surface area contributed by atoms with Gasteiger partial charge in [-0.1, -0.05) is 47.0 Å². The highest BCUT2D eigenvalue weighted by Gasteiger charge is 2.42. The quantitative estimate of drug-likeness (QED) is 0.780. The Kier molecular flexibility index (Phi) is 4.95. The van der Waals surface area contributed by atoms with Crippen LogP contribution in [0.2, 0.25) is 0 Å². The van der Waals surface area contributed by atoms with Crippen LogP contribution < -0.4 is 10.1 Å². The lowest BCUT2D eigenvalue weighted by Crippen LogP contribution is -2.38. The van der Waals surface area contributed by atoms with Crippen molar-refractivity contribution >= 4 is 27.5 Å². The van der Waals surface area contributed by atoms with Gasteiger partial charge in [-0.05, 0) is 55.2 Å². The molecule has 1 aliphatic carbocycles. The molecule has 1 saturated carbocycles. The summed E-state index contributed by atoms with van der Waals surface area (Å²) in [7, 11) is 1.63. The Morgan fingerprint density at radius 3 is 2.42 bits per heavy atom. The first-order valence-electron chi connectivity index (χ1n) is 8.27. The first-order valence-corrected chi connectivity index (χ1v) is 9.06. The van der Waals surface area contributed by atoms with E-state index >= 15 is 0 Å². The number of amides is 1. The number of methoxy groups -OCH3 is 1. The lowest BCUT2D eigenvalue weighted by molar-refractivity contribution is -0.121. The minimum atomic E-state index is -0.449. The molecule has 3 rings (SSSR count). The Labute approximate surface area is 151 Å². The fraction of sp³-hybridized carbons (Fsp3) is 0.350. The molecule has 1 fully saturated rings. The summed E-state index contributed by atoms with van der Waals surface area (Å²) >= 11 is 3.47. The molecule has 24 heavy (non-hydrogen) atoms. The van der Waals surface area contributed by atoms with Crippen LogP contribution in [-0.4, -0.2) is 13.0 Å². The third-order valence-electron chi connectivity index (χ3n) is 4.89. The second kappa shape index (κ2) is 6.98. The zero-order chi connectivity index (χ0) is 17.2. The molecule has 1 N–H and O–H groups in total. The number of nitrogens with one attached hydrogen (secondary N) is 1. The van der Waals surface area contributed by atoms with Crippen molar-refractivity contribution < 1.29 is 9.53 Å². The third-order valence-corrected chi connectivity index (χ3v) is 5.42. The van der Waals surface area contributed by atoms with Crippen LogP contribution in [0, 0.1) is 6.92 Å². The molecule has 2 aromatic rings. The number of benzene rings is 2. The first kappa shape index (κ1) is 17.0. The van der Waals surface area contributed by atoms with Crippen LogP contribution in [-0.2, 0) is 10.2 Å². The molecule has 0 atom stereocenters. The summed E-state index contributed by atoms with van der Waals surface area (Å²) in [6.45, 7) is 2.01. The Bertz CT molecular complexity index is 734. The minimum absolute atomic E-state index is 0.0613. The number of aryl methyl sites for hydroxylation is 1. The maximum Gasteiger partial charge on any atom is 0.235 e. The number of carbonyl (C=O) groups excluding carboxylic acids is 1. The lowest BCUT2D eigenvalue weighted by Gasteiger charge is -2.29. The van der Waals surface area contributed by atoms with Crippen molar-refractivity contribution in [2.75, 3.05) is 12.4 Å². The molecule has 0 aromatic heterocycles. The van der Waals surface area contributed by atoms with E-state index in [0.29, 0.717) is 5.75 Å². The molecular formula is C20H22BrNO2. The van der Waals surface area contributed by atoms with Gasteiger partial charge in [-0.3, -0.25) is 4.79 Å². The molecule has 0 heterocycles. The Morgan fingerprint density at radius 1 is 1.12 bits per heavy atom. The highest BCUT2D eigenvalue weighted by atomic mass is 79.9. The summed E-state index contributed by atoms with van der Waals surface area (Å²) in [6.07, 6.45) is 3.92. The second-order valence-corrected chi connectivity index (χ2v) is 7.37. The van der Waals surface area contributed by atoms with Crippen molar-refractivity contribution in [3.8, 4) is 5.75 Å². The van der Waals surface area contributed by atoms with E-state index in [2.05, 4.69) is 33.4 Å². The molecule has 0 saturated heterocycles. The van der Waals surface area contributed by atoms with Crippen LogP contribution in [0.15, 0.2) is 46.9 Å². The molecule has 4 heteroatoms. The van der Waals surface area contributed by atoms with Crippen molar-refractivity contribution in [1.29, 1.82) is 0 Å². The maximum atomic E-state index is 13.2. The van der Waals surface area contributed by atoms with Gasteiger partial charge in [-0.25, -0.2) is 0 Å². The molecule has 2 aromatic carbocycles. The highest BCUT2D eigenvalue weighted by molar-refractivity contribution is 9.10. The van der Waals surface area contributed by atoms with Gasteiger partial charge in [0.15, 0.2) is 0 Å². The topological polar surface area (TPSA) is 38.3 Å². The van der Waals surface area contributed by atoms with Gasteiger partial charge in [-0.15, -0.1) is 0 Å². The van der Waals surface area contributed by atoms with Gasteiger partial charge in [0.25, 0.3) is 0 Å². The van der Waals surface area contributed by atoms with Crippen LogP contribution in [0.25, 0.3) is 0 Å². The summed E-state index contributed by atoms with van der Waals surface area (Å²) in [5.74, 6) is 0.754. The molecule has 3 nitrogen and oxygen atoms in total. The Morgan fingerprint density at radius 2 is 1.79 bits per heavy atom. The molecule has 0 spiro atoms. The number of halogens is 1. The molecule has 126 valence electrons. The SMILES string of the molecule is COc1ccc(C)cc1NC(=O)C1(c2ccc(Br)cc2)CCCC1. The molecular weight excluding hydrogens is 366 g/mol. The zero-order valence-corrected chi connectivity index (χ0v) is 15.7. The molecule has 1 amide bonds. The molecule has 0 radical (unpaired) electrons. The lowest BCUT2D eigenvalue weighted by atomic mass is 9.78. The smallest absolute Gasteiger partial charge is 0.235 e. The van der Waals surface area contributed by atoms with Crippen LogP contribution in [0.5, 0.6) is 5.75 Å². The van der Waals surface area contributed by atoms with Gasteiger partial charge < -0.3 is 10.1 Å². The normalized spacial score (nSPS) is 16.0. The predicted molar refractivity (Wildman–Crippen MR) is 101 cm³/mol. The van der Waals surface area contributed by atoms with E-state index < -0.39 is 5.41 Å². The number of rotatable bonds is 4. The van der Waals surface area contributed by atoms with Crippen molar-refractivity contribution in [2.45, 2.75) is 38.0 Å². The van der Waals surface area contributed by atoms with Gasteiger partial charge in [0.2, 0.25) is 5.91 Å². The first-order chi connectivity index (χ1) is 11.5. The monoisotopic (exact) mass is 387 g/mol. The maximum absolute atomic E-state index is 13.2. The van der Waals surface area contributed by atoms with Gasteiger partial charge in [0.1, 0.15) is 5.75 Å². The summed E-state index contributed by atoms with van der Waals surface area (Å²) < 4.78 is 6.43. The van der Waals surface area contributed by atoms with Crippen molar-refractivity contribution in [1.82, 2.24) is 0 Å². The van der Waals surface area contributed by atoms with Gasteiger partial charge in [0, 0.05) is 4.47 Å². The third kappa shape index (κ3) is 3.20. The molecule has 1 aliphatic rings. The Hall–Kier alpha value is -1.81. The Balaban J connectivity index is 1.94. The van der Waals surface area contributed by atoms with Gasteiger partial charge in [-0.2, -0.15) is 0 Å². The van der Waals surface area contributed by atoms with E-state index in [0.717, 1.165) is 47.0 Å². The molecule has 0 aliphatic heterocycles. The fourth-order valence-electron chi connectivity index (χ4n) is 3.56. The molecule has 0 unspecified atom stereocenters. The highest BCUT2D eigenvalue weighted by Crippen LogP contribution is 2.43. The minimum Gasteiger partial charge on any atom is -0.495 e. The van der Waals surface area contributed by atoms with Gasteiger partial charge in [0.05, 0.1) is 18.2 Å². The number of hydrogen-bond donors (Lipinski definition) is 1. The molecule has 0 bridgehead atoms.